The first kappa shape index (κ1) is 10.6. The zero-order valence-electron chi connectivity index (χ0n) is 9.90. The van der Waals surface area contributed by atoms with Crippen molar-refractivity contribution in [2.75, 3.05) is 25.1 Å². The maximum Gasteiger partial charge on any atom is 0.192 e. The van der Waals surface area contributed by atoms with Crippen LogP contribution in [-0.4, -0.2) is 24.7 Å². The number of oxazole rings is 1. The number of aryl methyl sites for hydroxylation is 1. The van der Waals surface area contributed by atoms with Crippen molar-refractivity contribution in [3.63, 3.8) is 0 Å². The van der Waals surface area contributed by atoms with Crippen molar-refractivity contribution in [1.29, 1.82) is 0 Å². The fourth-order valence-corrected chi connectivity index (χ4v) is 2.16. The lowest BCUT2D eigenvalue weighted by molar-refractivity contribution is 0.187. The lowest BCUT2D eigenvalue weighted by atomic mass is 10.1. The molecule has 1 atom stereocenters. The Labute approximate surface area is 100.0 Å². The molecule has 17 heavy (non-hydrogen) atoms. The maximum atomic E-state index is 5.44. The van der Waals surface area contributed by atoms with Crippen LogP contribution in [0.15, 0.2) is 22.6 Å². The number of aromatic nitrogens is 1. The van der Waals surface area contributed by atoms with E-state index in [-0.39, 0.29) is 0 Å². The summed E-state index contributed by atoms with van der Waals surface area (Å²) in [6.07, 6.45) is 1.15. The van der Waals surface area contributed by atoms with Gasteiger partial charge in [-0.3, -0.25) is 0 Å². The largest absolute Gasteiger partial charge is 0.441 e. The van der Waals surface area contributed by atoms with E-state index in [2.05, 4.69) is 10.3 Å². The van der Waals surface area contributed by atoms with Gasteiger partial charge in [0.15, 0.2) is 11.5 Å². The molecule has 1 saturated heterocycles. The zero-order valence-corrected chi connectivity index (χ0v) is 9.90. The van der Waals surface area contributed by atoms with E-state index in [1.165, 1.54) is 0 Å². The van der Waals surface area contributed by atoms with Crippen molar-refractivity contribution in [3.05, 3.63) is 24.1 Å². The number of anilines is 1. The van der Waals surface area contributed by atoms with Crippen LogP contribution in [0.4, 0.5) is 5.69 Å². The third-order valence-corrected chi connectivity index (χ3v) is 3.11. The number of nitrogens with one attached hydrogen (secondary N) is 1. The molecular formula is C13H16N2O2. The number of benzene rings is 1. The molecule has 0 radical (unpaired) electrons. The van der Waals surface area contributed by atoms with Crippen LogP contribution in [0.2, 0.25) is 0 Å². The van der Waals surface area contributed by atoms with E-state index in [4.69, 9.17) is 9.15 Å². The van der Waals surface area contributed by atoms with Crippen molar-refractivity contribution in [2.24, 2.45) is 5.92 Å². The number of hydrogen-bond acceptors (Lipinski definition) is 4. The van der Waals surface area contributed by atoms with Gasteiger partial charge in [-0.1, -0.05) is 0 Å². The summed E-state index contributed by atoms with van der Waals surface area (Å²) in [5, 5.41) is 3.43. The number of fused-ring (bicyclic) bond motifs is 1. The van der Waals surface area contributed by atoms with Gasteiger partial charge in [-0.05, 0) is 24.6 Å². The van der Waals surface area contributed by atoms with E-state index in [0.29, 0.717) is 11.8 Å². The fraction of sp³-hybridized carbons (Fsp3) is 0.462. The molecule has 1 fully saturated rings. The van der Waals surface area contributed by atoms with Crippen LogP contribution in [0, 0.1) is 12.8 Å². The van der Waals surface area contributed by atoms with Gasteiger partial charge in [0.1, 0.15) is 5.52 Å². The third-order valence-electron chi connectivity index (χ3n) is 3.11. The molecule has 1 aliphatic rings. The Kier molecular flexibility index (Phi) is 2.73. The second-order valence-corrected chi connectivity index (χ2v) is 4.53. The predicted octanol–water partition coefficient (Wildman–Crippen LogP) is 2.58. The molecule has 0 saturated carbocycles. The second-order valence-electron chi connectivity index (χ2n) is 4.53. The minimum absolute atomic E-state index is 0.629. The van der Waals surface area contributed by atoms with Crippen molar-refractivity contribution in [1.82, 2.24) is 4.98 Å². The summed E-state index contributed by atoms with van der Waals surface area (Å²) in [5.41, 5.74) is 2.85. The lowest BCUT2D eigenvalue weighted by Crippen LogP contribution is -2.13. The lowest BCUT2D eigenvalue weighted by Gasteiger charge is -2.10. The molecule has 1 aliphatic heterocycles. The molecule has 0 bridgehead atoms. The minimum Gasteiger partial charge on any atom is -0.441 e. The van der Waals surface area contributed by atoms with Crippen molar-refractivity contribution in [2.45, 2.75) is 13.3 Å². The summed E-state index contributed by atoms with van der Waals surface area (Å²) < 4.78 is 10.8. The molecule has 90 valence electrons. The highest BCUT2D eigenvalue weighted by molar-refractivity contribution is 5.77. The summed E-state index contributed by atoms with van der Waals surface area (Å²) >= 11 is 0. The van der Waals surface area contributed by atoms with Gasteiger partial charge in [0, 0.05) is 31.7 Å². The van der Waals surface area contributed by atoms with E-state index in [1.54, 1.807) is 0 Å². The summed E-state index contributed by atoms with van der Waals surface area (Å²) in [7, 11) is 0. The van der Waals surface area contributed by atoms with Crippen molar-refractivity contribution in [3.8, 4) is 0 Å². The predicted molar refractivity (Wildman–Crippen MR) is 66.2 cm³/mol. The molecule has 3 rings (SSSR count). The van der Waals surface area contributed by atoms with E-state index in [9.17, 15) is 0 Å². The second kappa shape index (κ2) is 4.37. The highest BCUT2D eigenvalue weighted by Crippen LogP contribution is 2.20. The van der Waals surface area contributed by atoms with E-state index in [0.717, 1.165) is 43.0 Å². The van der Waals surface area contributed by atoms with Gasteiger partial charge in [0.05, 0.1) is 6.61 Å². The van der Waals surface area contributed by atoms with Gasteiger partial charge in [0.25, 0.3) is 0 Å². The molecule has 0 spiro atoms. The molecule has 4 nitrogen and oxygen atoms in total. The Morgan fingerprint density at radius 2 is 2.41 bits per heavy atom. The van der Waals surface area contributed by atoms with Crippen LogP contribution >= 0.6 is 0 Å². The van der Waals surface area contributed by atoms with Gasteiger partial charge in [-0.15, -0.1) is 0 Å². The van der Waals surface area contributed by atoms with E-state index in [1.807, 2.05) is 25.1 Å². The molecule has 1 unspecified atom stereocenters. The van der Waals surface area contributed by atoms with Gasteiger partial charge in [-0.2, -0.15) is 0 Å². The van der Waals surface area contributed by atoms with E-state index < -0.39 is 0 Å². The van der Waals surface area contributed by atoms with Gasteiger partial charge < -0.3 is 14.5 Å². The molecule has 4 heteroatoms. The molecule has 2 aromatic rings. The third kappa shape index (κ3) is 2.26. The highest BCUT2D eigenvalue weighted by atomic mass is 16.5. The standard InChI is InChI=1S/C13H16N2O2/c1-9-15-12-6-11(2-3-13(12)17-9)14-7-10-4-5-16-8-10/h2-3,6,10,14H,4-5,7-8H2,1H3. The molecule has 0 aliphatic carbocycles. The van der Waals surface area contributed by atoms with Crippen LogP contribution in [0.25, 0.3) is 11.1 Å². The first-order valence-electron chi connectivity index (χ1n) is 6.00. The number of ether oxygens (including phenoxy) is 1. The number of nitrogens with zero attached hydrogens (tertiary/aromatic N) is 1. The van der Waals surface area contributed by atoms with Crippen LogP contribution in [0.3, 0.4) is 0 Å². The Bertz CT molecular complexity index is 515. The Balaban J connectivity index is 1.71. The Morgan fingerprint density at radius 3 is 3.24 bits per heavy atom. The smallest absolute Gasteiger partial charge is 0.192 e. The van der Waals surface area contributed by atoms with Crippen LogP contribution in [0.5, 0.6) is 0 Å². The summed E-state index contributed by atoms with van der Waals surface area (Å²) in [5.74, 6) is 1.34. The normalized spacial score (nSPS) is 19.9. The van der Waals surface area contributed by atoms with Gasteiger partial charge >= 0.3 is 0 Å². The van der Waals surface area contributed by atoms with Crippen molar-refractivity contribution >= 4 is 16.8 Å². The van der Waals surface area contributed by atoms with Crippen molar-refractivity contribution < 1.29 is 9.15 Å². The molecular weight excluding hydrogens is 216 g/mol. The molecule has 1 aromatic heterocycles. The first-order chi connectivity index (χ1) is 8.31. The van der Waals surface area contributed by atoms with Crippen LogP contribution in [-0.2, 0) is 4.74 Å². The molecule has 1 aromatic carbocycles. The average molecular weight is 232 g/mol. The highest BCUT2D eigenvalue weighted by Gasteiger charge is 2.15. The summed E-state index contributed by atoms with van der Waals surface area (Å²) in [6, 6.07) is 6.02. The fourth-order valence-electron chi connectivity index (χ4n) is 2.16. The molecule has 1 N–H and O–H groups in total. The number of hydrogen-bond donors (Lipinski definition) is 1. The maximum absolute atomic E-state index is 5.44. The van der Waals surface area contributed by atoms with E-state index >= 15 is 0 Å². The first-order valence-corrected chi connectivity index (χ1v) is 6.00. The summed E-state index contributed by atoms with van der Waals surface area (Å²) in [4.78, 5) is 4.32. The monoisotopic (exact) mass is 232 g/mol. The molecule has 2 heterocycles. The minimum atomic E-state index is 0.629. The molecule has 0 amide bonds. The van der Waals surface area contributed by atoms with Crippen LogP contribution < -0.4 is 5.32 Å². The SMILES string of the molecule is Cc1nc2cc(NCC3CCOC3)ccc2o1. The van der Waals surface area contributed by atoms with Gasteiger partial charge in [0.2, 0.25) is 0 Å². The quantitative estimate of drug-likeness (QED) is 0.883. The zero-order chi connectivity index (χ0) is 11.7. The van der Waals surface area contributed by atoms with Gasteiger partial charge in [-0.25, -0.2) is 4.98 Å². The Morgan fingerprint density at radius 1 is 1.47 bits per heavy atom. The topological polar surface area (TPSA) is 47.3 Å². The summed E-state index contributed by atoms with van der Waals surface area (Å²) in [6.45, 7) is 4.59. The Hall–Kier alpha value is -1.55. The van der Waals surface area contributed by atoms with Crippen LogP contribution in [0.1, 0.15) is 12.3 Å². The average Bonchev–Trinajstić information content (AvgIpc) is 2.92. The number of rotatable bonds is 3.